The monoisotopic (exact) mass is 953 g/mol. The Bertz CT molecular complexity index is 1890. The van der Waals surface area contributed by atoms with E-state index in [0.717, 1.165) is 11.8 Å². The Hall–Kier alpha value is -2.38. The molecule has 0 aromatic heterocycles. The second-order valence-corrected chi connectivity index (χ2v) is 21.3. The molecule has 0 amide bonds. The van der Waals surface area contributed by atoms with Crippen LogP contribution in [0.3, 0.4) is 0 Å². The van der Waals surface area contributed by atoms with Crippen molar-refractivity contribution in [3.05, 3.63) is 71.8 Å². The normalized spacial score (nSPS) is 36.9. The second kappa shape index (κ2) is 20.5. The van der Waals surface area contributed by atoms with Crippen LogP contribution in [0.25, 0.3) is 0 Å². The van der Waals surface area contributed by atoms with Gasteiger partial charge in [-0.05, 0) is 32.3 Å². The fraction of sp³-hybridized carbons (Fsp3) is 0.723. The van der Waals surface area contributed by atoms with Crippen LogP contribution < -0.4 is 5.32 Å². The maximum absolute atomic E-state index is 13.8. The maximum atomic E-state index is 13.8. The van der Waals surface area contributed by atoms with Gasteiger partial charge in [0.1, 0.15) is 12.2 Å². The van der Waals surface area contributed by atoms with Crippen molar-refractivity contribution in [1.29, 1.82) is 0 Å². The summed E-state index contributed by atoms with van der Waals surface area (Å²) >= 11 is 0.955. The van der Waals surface area contributed by atoms with Crippen molar-refractivity contribution in [2.24, 2.45) is 28.6 Å². The zero-order valence-electron chi connectivity index (χ0n) is 38.8. The number of benzene rings is 2. The molecule has 2 aromatic carbocycles. The van der Waals surface area contributed by atoms with Crippen LogP contribution in [-0.2, 0) is 33.2 Å². The maximum Gasteiger partial charge on any atom is 0.303 e. The molecule has 18 atom stereocenters. The van der Waals surface area contributed by atoms with Gasteiger partial charge in [0.05, 0.1) is 54.4 Å². The number of carbonyl (C=O) groups excluding carboxylic acids is 1. The lowest BCUT2D eigenvalue weighted by atomic mass is 9.42. The first-order valence-electron chi connectivity index (χ1n) is 22.5. The van der Waals surface area contributed by atoms with Crippen molar-refractivity contribution < 1.29 is 84.3 Å². The molecule has 0 spiro atoms. The molecular formula is C47H71NO17S. The average Bonchev–Trinajstić information content (AvgIpc) is 3.23. The highest BCUT2D eigenvalue weighted by Crippen LogP contribution is 2.66. The van der Waals surface area contributed by atoms with Gasteiger partial charge in [0, 0.05) is 59.5 Å². The minimum absolute atomic E-state index is 0.101. The third kappa shape index (κ3) is 10.4. The number of nitrogens with one attached hydrogen (secondary N) is 1. The SMILES string of the molecule is CC(=O)O[C@@]12COC1CC(O)C1(C)C(O)C(O)C3C(C)[C@@H](OC(O)[C@H](OC(O)CSCC(O)O)C(NC(O)OC(C)(C)C)c4ccccc4)CC(O)([C@@H](OC(O)c4ccccc4)[C@@H]12)C3(C)C. The Morgan fingerprint density at radius 1 is 0.909 bits per heavy atom. The van der Waals surface area contributed by atoms with Gasteiger partial charge in [-0.1, -0.05) is 88.4 Å². The highest BCUT2D eigenvalue weighted by atomic mass is 32.2. The number of rotatable bonds is 18. The minimum atomic E-state index is -2.22. The van der Waals surface area contributed by atoms with E-state index in [4.69, 9.17) is 28.4 Å². The molecule has 13 unspecified atom stereocenters. The molecular weight excluding hydrogens is 883 g/mol. The van der Waals surface area contributed by atoms with Crippen molar-refractivity contribution in [3.8, 4) is 0 Å². The van der Waals surface area contributed by atoms with Crippen LogP contribution in [0.4, 0.5) is 0 Å². The zero-order valence-corrected chi connectivity index (χ0v) is 39.6. The predicted octanol–water partition coefficient (Wildman–Crippen LogP) is 1.17. The van der Waals surface area contributed by atoms with Crippen molar-refractivity contribution >= 4 is 17.7 Å². The van der Waals surface area contributed by atoms with Crippen molar-refractivity contribution in [3.63, 3.8) is 0 Å². The summed E-state index contributed by atoms with van der Waals surface area (Å²) < 4.78 is 37.2. The van der Waals surface area contributed by atoms with E-state index in [1.165, 1.54) is 6.92 Å². The van der Waals surface area contributed by atoms with E-state index >= 15 is 0 Å². The van der Waals surface area contributed by atoms with Crippen LogP contribution in [0, 0.1) is 28.6 Å². The van der Waals surface area contributed by atoms with Crippen LogP contribution >= 0.6 is 11.8 Å². The third-order valence-electron chi connectivity index (χ3n) is 14.5. The number of fused-ring (bicyclic) bond motifs is 5. The molecule has 2 bridgehead atoms. The van der Waals surface area contributed by atoms with Gasteiger partial charge >= 0.3 is 5.97 Å². The van der Waals surface area contributed by atoms with Crippen LogP contribution in [0.15, 0.2) is 60.7 Å². The molecule has 3 aliphatic carbocycles. The molecule has 4 fully saturated rings. The lowest BCUT2D eigenvalue weighted by molar-refractivity contribution is -0.397. The lowest BCUT2D eigenvalue weighted by Gasteiger charge is -2.71. The van der Waals surface area contributed by atoms with Gasteiger partial charge in [-0.2, -0.15) is 11.8 Å². The molecule has 372 valence electrons. The first-order chi connectivity index (χ1) is 30.8. The molecule has 6 rings (SSSR count). The van der Waals surface area contributed by atoms with Gasteiger partial charge in [-0.25, -0.2) is 0 Å². The molecule has 0 radical (unpaired) electrons. The van der Waals surface area contributed by atoms with Gasteiger partial charge in [-0.15, -0.1) is 0 Å². The number of aliphatic hydroxyl groups is 10. The largest absolute Gasteiger partial charge is 0.454 e. The molecule has 3 saturated carbocycles. The summed E-state index contributed by atoms with van der Waals surface area (Å²) in [4.78, 5) is 13.0. The summed E-state index contributed by atoms with van der Waals surface area (Å²) in [6.45, 7) is 12.8. The van der Waals surface area contributed by atoms with Gasteiger partial charge in [-0.3, -0.25) is 10.1 Å². The van der Waals surface area contributed by atoms with Crippen molar-refractivity contribution in [1.82, 2.24) is 5.32 Å². The Balaban J connectivity index is 1.48. The summed E-state index contributed by atoms with van der Waals surface area (Å²) in [7, 11) is 0. The molecule has 2 aromatic rings. The molecule has 19 heteroatoms. The number of ether oxygens (including phenoxy) is 6. The Morgan fingerprint density at radius 3 is 2.06 bits per heavy atom. The quantitative estimate of drug-likeness (QED) is 0.0739. The number of aliphatic hydroxyl groups excluding tert-OH is 8. The molecule has 1 saturated heterocycles. The first kappa shape index (κ1) is 53.0. The van der Waals surface area contributed by atoms with Gasteiger partial charge in [0.2, 0.25) is 6.41 Å². The molecule has 4 aliphatic rings. The topological polar surface area (TPSA) is 287 Å². The van der Waals surface area contributed by atoms with E-state index in [1.54, 1.807) is 109 Å². The highest BCUT2D eigenvalue weighted by molar-refractivity contribution is 7.99. The van der Waals surface area contributed by atoms with E-state index in [-0.39, 0.29) is 31.0 Å². The molecule has 18 nitrogen and oxygen atoms in total. The van der Waals surface area contributed by atoms with E-state index in [9.17, 15) is 55.9 Å². The summed E-state index contributed by atoms with van der Waals surface area (Å²) in [5.74, 6) is -4.34. The lowest BCUT2D eigenvalue weighted by Crippen LogP contribution is -2.83. The third-order valence-corrected chi connectivity index (χ3v) is 15.6. The number of esters is 1. The van der Waals surface area contributed by atoms with Crippen molar-refractivity contribution in [2.45, 2.75) is 165 Å². The fourth-order valence-electron chi connectivity index (χ4n) is 11.3. The van der Waals surface area contributed by atoms with E-state index in [1.807, 2.05) is 0 Å². The molecule has 1 heterocycles. The number of carbonyl (C=O) groups is 1. The number of thioether (sulfide) groups is 1. The number of hydrogen-bond donors (Lipinski definition) is 11. The second-order valence-electron chi connectivity index (χ2n) is 20.2. The summed E-state index contributed by atoms with van der Waals surface area (Å²) in [6.07, 6.45) is -19.4. The standard InChI is InChI=1S/C47H71NO17S/c1-24-28(61-41(57)36(62-32(53)22-66-21-31(51)52)34(26-15-11-9-12-16-26)48-42(58)65-43(3,4)5)20-47(59)39(63-40(56)27-17-13-10-14-18-27)37-45(8,38(55)35(54)33(24)44(47,6)7)29(50)19-30-46(37,23-60-30)64-25(2)49/h9-18,24,28-42,48,50-59H,19-23H2,1-8H3/t24?,28-,29?,30?,32?,33?,34?,35?,36+,37-,38?,39-,40?,41?,42?,45?,46-,47?/m0/s1. The molecule has 1 aliphatic heterocycles. The van der Waals surface area contributed by atoms with Crippen LogP contribution in [0.1, 0.15) is 91.7 Å². The van der Waals surface area contributed by atoms with Crippen LogP contribution in [0.2, 0.25) is 0 Å². The van der Waals surface area contributed by atoms with E-state index in [0.29, 0.717) is 11.1 Å². The fourth-order valence-corrected chi connectivity index (χ4v) is 11.9. The van der Waals surface area contributed by atoms with Gasteiger partial charge in [0.15, 0.2) is 30.8 Å². The van der Waals surface area contributed by atoms with Crippen LogP contribution in [-0.4, -0.2) is 160 Å². The summed E-state index contributed by atoms with van der Waals surface area (Å²) in [5, 5.41) is 120. The summed E-state index contributed by atoms with van der Waals surface area (Å²) in [5.41, 5.74) is -7.15. The minimum Gasteiger partial charge on any atom is -0.454 e. The Morgan fingerprint density at radius 2 is 1.52 bits per heavy atom. The zero-order chi connectivity index (χ0) is 48.7. The smallest absolute Gasteiger partial charge is 0.303 e. The van der Waals surface area contributed by atoms with Crippen LogP contribution in [0.5, 0.6) is 0 Å². The first-order valence-corrected chi connectivity index (χ1v) is 23.7. The Labute approximate surface area is 390 Å². The summed E-state index contributed by atoms with van der Waals surface area (Å²) in [6, 6.07) is 15.7. The number of hydrogen-bond acceptors (Lipinski definition) is 19. The van der Waals surface area contributed by atoms with Crippen molar-refractivity contribution in [2.75, 3.05) is 18.1 Å². The van der Waals surface area contributed by atoms with E-state index < -0.39 is 132 Å². The molecule has 11 N–H and O–H groups in total. The predicted molar refractivity (Wildman–Crippen MR) is 237 cm³/mol. The molecule has 66 heavy (non-hydrogen) atoms. The van der Waals surface area contributed by atoms with Gasteiger partial charge < -0.3 is 79.5 Å². The Kier molecular flexibility index (Phi) is 16.5. The average molecular weight is 954 g/mol. The van der Waals surface area contributed by atoms with E-state index in [2.05, 4.69) is 5.32 Å². The highest BCUT2D eigenvalue weighted by Gasteiger charge is 2.78. The van der Waals surface area contributed by atoms with Gasteiger partial charge in [0.25, 0.3) is 0 Å².